The first kappa shape index (κ1) is 23.1. The Bertz CT molecular complexity index is 736. The van der Waals surface area contributed by atoms with E-state index in [4.69, 9.17) is 17.2 Å². The van der Waals surface area contributed by atoms with Gasteiger partial charge in [-0.2, -0.15) is 0 Å². The summed E-state index contributed by atoms with van der Waals surface area (Å²) in [6.07, 6.45) is 5.21. The van der Waals surface area contributed by atoms with Gasteiger partial charge in [-0.3, -0.25) is 4.99 Å². The minimum absolute atomic E-state index is 0.162. The first-order valence-corrected chi connectivity index (χ1v) is 10.8. The van der Waals surface area contributed by atoms with Gasteiger partial charge in [-0.1, -0.05) is 55.8 Å². The largest absolute Gasteiger partial charge is 0.370 e. The second-order valence-corrected chi connectivity index (χ2v) is 7.62. The maximum absolute atomic E-state index is 5.90. The van der Waals surface area contributed by atoms with Gasteiger partial charge in [0.05, 0.1) is 0 Å². The van der Waals surface area contributed by atoms with E-state index in [1.165, 1.54) is 16.3 Å². The summed E-state index contributed by atoms with van der Waals surface area (Å²) >= 11 is 0. The molecule has 2 rings (SSSR count). The van der Waals surface area contributed by atoms with Crippen LogP contribution in [0.1, 0.15) is 38.2 Å². The number of nitrogens with one attached hydrogen (secondary N) is 2. The third kappa shape index (κ3) is 8.40. The molecule has 6 nitrogen and oxygen atoms in total. The van der Waals surface area contributed by atoms with E-state index in [1.54, 1.807) is 0 Å². The van der Waals surface area contributed by atoms with Gasteiger partial charge in [0, 0.05) is 31.7 Å². The Hall–Kier alpha value is -2.15. The zero-order chi connectivity index (χ0) is 20.9. The Labute approximate surface area is 175 Å². The molecule has 0 saturated heterocycles. The summed E-state index contributed by atoms with van der Waals surface area (Å²) in [5, 5.41) is 9.99. The molecule has 0 aliphatic rings. The number of fused-ring (bicyclic) bond motifs is 1. The number of benzene rings is 2. The molecule has 0 radical (unpaired) electrons. The van der Waals surface area contributed by atoms with E-state index in [2.05, 4.69) is 65.0 Å². The van der Waals surface area contributed by atoms with Crippen molar-refractivity contribution in [2.24, 2.45) is 22.2 Å². The van der Waals surface area contributed by atoms with Gasteiger partial charge in [-0.05, 0) is 48.6 Å². The average Bonchev–Trinajstić information content (AvgIpc) is 2.73. The molecule has 0 fully saturated rings. The summed E-state index contributed by atoms with van der Waals surface area (Å²) < 4.78 is 0. The van der Waals surface area contributed by atoms with Crippen LogP contribution in [-0.4, -0.2) is 44.2 Å². The summed E-state index contributed by atoms with van der Waals surface area (Å²) in [5.41, 5.74) is 18.2. The van der Waals surface area contributed by atoms with Crippen molar-refractivity contribution < 1.29 is 0 Å². The fourth-order valence-corrected chi connectivity index (χ4v) is 3.70. The van der Waals surface area contributed by atoms with Gasteiger partial charge in [0.2, 0.25) is 0 Å². The van der Waals surface area contributed by atoms with E-state index in [0.29, 0.717) is 25.2 Å². The lowest BCUT2D eigenvalue weighted by molar-refractivity contribution is 0.399. The van der Waals surface area contributed by atoms with Crippen molar-refractivity contribution in [2.75, 3.05) is 26.2 Å². The normalized spacial score (nSPS) is 13.3. The molecule has 29 heavy (non-hydrogen) atoms. The van der Waals surface area contributed by atoms with Crippen molar-refractivity contribution in [2.45, 2.75) is 51.1 Å². The molecule has 0 saturated carbocycles. The molecule has 2 atom stereocenters. The molecule has 0 aromatic heterocycles. The predicted molar refractivity (Wildman–Crippen MR) is 125 cm³/mol. The maximum atomic E-state index is 5.90. The van der Waals surface area contributed by atoms with Crippen molar-refractivity contribution in [3.8, 4) is 0 Å². The second kappa shape index (κ2) is 13.1. The first-order chi connectivity index (χ1) is 14.1. The second-order valence-electron chi connectivity index (χ2n) is 7.62. The summed E-state index contributed by atoms with van der Waals surface area (Å²) in [5.74, 6) is 0.162. The average molecular weight is 399 g/mol. The quantitative estimate of drug-likeness (QED) is 0.190. The minimum atomic E-state index is 0.162. The fraction of sp³-hybridized carbons (Fsp3) is 0.522. The third-order valence-electron chi connectivity index (χ3n) is 5.29. The van der Waals surface area contributed by atoms with Gasteiger partial charge >= 0.3 is 0 Å². The van der Waals surface area contributed by atoms with Gasteiger partial charge in [-0.15, -0.1) is 0 Å². The lowest BCUT2D eigenvalue weighted by Crippen LogP contribution is -2.45. The van der Waals surface area contributed by atoms with Crippen LogP contribution in [0.3, 0.4) is 0 Å². The Morgan fingerprint density at radius 2 is 1.79 bits per heavy atom. The summed E-state index contributed by atoms with van der Waals surface area (Å²) in [7, 11) is 0. The van der Waals surface area contributed by atoms with Crippen LogP contribution in [0.25, 0.3) is 10.8 Å². The third-order valence-corrected chi connectivity index (χ3v) is 5.29. The first-order valence-electron chi connectivity index (χ1n) is 10.8. The van der Waals surface area contributed by atoms with Crippen LogP contribution in [0, 0.1) is 0 Å². The van der Waals surface area contributed by atoms with E-state index < -0.39 is 0 Å². The van der Waals surface area contributed by atoms with Gasteiger partial charge < -0.3 is 27.8 Å². The molecule has 2 aromatic carbocycles. The highest BCUT2D eigenvalue weighted by Crippen LogP contribution is 2.18. The minimum Gasteiger partial charge on any atom is -0.370 e. The molecule has 0 aliphatic heterocycles. The number of nitrogens with two attached hydrogens (primary N) is 3. The summed E-state index contributed by atoms with van der Waals surface area (Å²) in [4.78, 5) is 4.10. The van der Waals surface area contributed by atoms with Crippen LogP contribution in [0.5, 0.6) is 0 Å². The van der Waals surface area contributed by atoms with Crippen molar-refractivity contribution in [1.29, 1.82) is 0 Å². The molecule has 160 valence electrons. The number of aliphatic imine (C=N–C) groups is 1. The molecular weight excluding hydrogens is 360 g/mol. The zero-order valence-electron chi connectivity index (χ0n) is 17.7. The molecule has 6 heteroatoms. The number of hydrogen-bond donors (Lipinski definition) is 5. The smallest absolute Gasteiger partial charge is 0.185 e. The predicted octanol–water partition coefficient (Wildman–Crippen LogP) is 2.11. The highest BCUT2D eigenvalue weighted by atomic mass is 15.0. The van der Waals surface area contributed by atoms with Gasteiger partial charge in [-0.25, -0.2) is 0 Å². The highest BCUT2D eigenvalue weighted by Gasteiger charge is 2.11. The van der Waals surface area contributed by atoms with Crippen LogP contribution in [-0.2, 0) is 6.42 Å². The SMILES string of the molecule is CCC[C@H](CN)NC[C@@H](CCCN=C(N)N)NCCc1cccc2ccccc12. The van der Waals surface area contributed by atoms with Crippen molar-refractivity contribution in [3.05, 3.63) is 48.0 Å². The molecule has 2 aromatic rings. The molecule has 0 aliphatic carbocycles. The number of rotatable bonds is 14. The van der Waals surface area contributed by atoms with E-state index >= 15 is 0 Å². The molecule has 0 bridgehead atoms. The maximum Gasteiger partial charge on any atom is 0.185 e. The fourth-order valence-electron chi connectivity index (χ4n) is 3.70. The van der Waals surface area contributed by atoms with E-state index in [0.717, 1.165) is 45.2 Å². The standard InChI is InChI=1S/C23H38N6/c1-2-7-20(16-24)29-17-21(11-6-14-28-23(25)26)27-15-13-19-10-5-9-18-8-3-4-12-22(18)19/h3-5,8-10,12,20-21,27,29H,2,6-7,11,13-17,24H2,1H3,(H4,25,26,28)/t20-,21-/m1/s1. The van der Waals surface area contributed by atoms with Gasteiger partial charge in [0.1, 0.15) is 0 Å². The topological polar surface area (TPSA) is 114 Å². The van der Waals surface area contributed by atoms with E-state index in [-0.39, 0.29) is 5.96 Å². The Morgan fingerprint density at radius 3 is 2.55 bits per heavy atom. The van der Waals surface area contributed by atoms with Crippen LogP contribution < -0.4 is 27.8 Å². The van der Waals surface area contributed by atoms with Gasteiger partial charge in [0.25, 0.3) is 0 Å². The highest BCUT2D eigenvalue weighted by molar-refractivity contribution is 5.85. The lowest BCUT2D eigenvalue weighted by atomic mass is 10.0. The zero-order valence-corrected chi connectivity index (χ0v) is 17.7. The Kier molecular flexibility index (Phi) is 10.5. The van der Waals surface area contributed by atoms with E-state index in [1.807, 2.05) is 0 Å². The number of hydrogen-bond acceptors (Lipinski definition) is 4. The summed E-state index contributed by atoms with van der Waals surface area (Å²) in [6, 6.07) is 15.8. The van der Waals surface area contributed by atoms with Crippen molar-refractivity contribution in [1.82, 2.24) is 10.6 Å². The van der Waals surface area contributed by atoms with Crippen LogP contribution in [0.2, 0.25) is 0 Å². The van der Waals surface area contributed by atoms with Crippen molar-refractivity contribution >= 4 is 16.7 Å². The number of nitrogens with zero attached hydrogens (tertiary/aromatic N) is 1. The van der Waals surface area contributed by atoms with Crippen molar-refractivity contribution in [3.63, 3.8) is 0 Å². The van der Waals surface area contributed by atoms with Gasteiger partial charge in [0.15, 0.2) is 5.96 Å². The van der Waals surface area contributed by atoms with E-state index in [9.17, 15) is 0 Å². The van der Waals surface area contributed by atoms with Crippen LogP contribution in [0.15, 0.2) is 47.5 Å². The molecule has 0 amide bonds. The van der Waals surface area contributed by atoms with Crippen LogP contribution >= 0.6 is 0 Å². The Morgan fingerprint density at radius 1 is 1.00 bits per heavy atom. The molecular formula is C23H38N6. The molecule has 0 unspecified atom stereocenters. The number of guanidine groups is 1. The Balaban J connectivity index is 1.89. The molecule has 0 heterocycles. The molecule has 8 N–H and O–H groups in total. The summed E-state index contributed by atoms with van der Waals surface area (Å²) in [6.45, 7) is 5.37. The van der Waals surface area contributed by atoms with Crippen LogP contribution in [0.4, 0.5) is 0 Å². The lowest BCUT2D eigenvalue weighted by Gasteiger charge is -2.23. The molecule has 0 spiro atoms. The monoisotopic (exact) mass is 398 g/mol.